The van der Waals surface area contributed by atoms with E-state index in [1.54, 1.807) is 41.5 Å². The minimum Gasteiger partial charge on any atom is -0.480 e. The molecule has 4 amide bonds. The number of nitrogens with one attached hydrogen (secondary N) is 3. The molecule has 0 rings (SSSR count). The molecular weight excluding hydrogens is 906 g/mol. The Hall–Kier alpha value is -3.27. The topological polar surface area (TPSA) is 265 Å². The second kappa shape index (κ2) is 36.6. The lowest BCUT2D eigenvalue weighted by Gasteiger charge is -2.32. The number of carbonyl (C=O) groups is 6. The highest BCUT2D eigenvalue weighted by Crippen LogP contribution is 2.55. The molecular formula is C51H100N5O12P. The molecule has 2 atom stereocenters. The molecule has 0 aliphatic rings. The third-order valence-electron chi connectivity index (χ3n) is 9.99. The van der Waals surface area contributed by atoms with Crippen molar-refractivity contribution in [2.24, 2.45) is 11.5 Å². The molecule has 18 heteroatoms. The Balaban J connectivity index is 0. The van der Waals surface area contributed by atoms with E-state index in [4.69, 9.17) is 30.4 Å². The van der Waals surface area contributed by atoms with Crippen LogP contribution in [0.15, 0.2) is 0 Å². The summed E-state index contributed by atoms with van der Waals surface area (Å²) in [5.41, 5.74) is 7.99. The summed E-state index contributed by atoms with van der Waals surface area (Å²) in [5, 5.41) is 17.3. The highest BCUT2D eigenvalue weighted by molar-refractivity contribution is 7.53. The van der Waals surface area contributed by atoms with Gasteiger partial charge in [0, 0.05) is 32.4 Å². The number of rotatable bonds is 36. The first-order valence-corrected chi connectivity index (χ1v) is 27.6. The average Bonchev–Trinajstić information content (AvgIpc) is 3.17. The van der Waals surface area contributed by atoms with Gasteiger partial charge in [0.1, 0.15) is 23.3 Å². The number of amides is 4. The predicted octanol–water partition coefficient (Wildman–Crippen LogP) is 10.5. The van der Waals surface area contributed by atoms with E-state index in [1.165, 1.54) is 44.9 Å². The molecule has 0 saturated heterocycles. The summed E-state index contributed by atoms with van der Waals surface area (Å²) in [6, 6.07) is -1.78. The van der Waals surface area contributed by atoms with E-state index in [1.807, 2.05) is 41.5 Å². The third-order valence-corrected chi connectivity index (χ3v) is 12.5. The molecule has 0 heterocycles. The number of carbonyl (C=O) groups excluding carboxylic acids is 5. The van der Waals surface area contributed by atoms with E-state index in [0.29, 0.717) is 64.2 Å². The quantitative estimate of drug-likeness (QED) is 0.0194. The molecule has 17 nitrogen and oxygen atoms in total. The highest BCUT2D eigenvalue weighted by Gasteiger charge is 2.34. The number of esters is 1. The summed E-state index contributed by atoms with van der Waals surface area (Å²) in [7, 11) is -3.14. The van der Waals surface area contributed by atoms with Gasteiger partial charge in [0.2, 0.25) is 17.7 Å². The van der Waals surface area contributed by atoms with Gasteiger partial charge in [-0.15, -0.1) is 0 Å². The van der Waals surface area contributed by atoms with Crippen molar-refractivity contribution < 1.29 is 57.0 Å². The zero-order chi connectivity index (χ0) is 53.2. The number of hydrogen-bond acceptors (Lipinski definition) is 12. The van der Waals surface area contributed by atoms with Crippen LogP contribution in [0.2, 0.25) is 0 Å². The number of primary amides is 1. The minimum atomic E-state index is -3.14. The van der Waals surface area contributed by atoms with Crippen molar-refractivity contribution in [3.63, 3.8) is 0 Å². The normalized spacial score (nSPS) is 13.1. The number of ether oxygens (including phenoxy) is 2. The zero-order valence-electron chi connectivity index (χ0n) is 45.3. The van der Waals surface area contributed by atoms with Crippen LogP contribution in [-0.2, 0) is 47.1 Å². The molecule has 406 valence electrons. The van der Waals surface area contributed by atoms with E-state index in [9.17, 15) is 33.3 Å². The highest BCUT2D eigenvalue weighted by atomic mass is 31.2. The fraction of sp³-hybridized carbons (Fsp3) is 0.882. The summed E-state index contributed by atoms with van der Waals surface area (Å²) in [6.07, 6.45) is 19.9. The summed E-state index contributed by atoms with van der Waals surface area (Å²) in [6.45, 7) is 23.0. The number of carboxylic acids is 1. The molecule has 0 aromatic heterocycles. The zero-order valence-corrected chi connectivity index (χ0v) is 46.2. The first-order valence-electron chi connectivity index (χ1n) is 25.9. The van der Waals surface area contributed by atoms with Crippen molar-refractivity contribution in [2.75, 3.05) is 19.3 Å². The van der Waals surface area contributed by atoms with Gasteiger partial charge in [0.15, 0.2) is 0 Å². The van der Waals surface area contributed by atoms with Crippen LogP contribution >= 0.6 is 7.60 Å². The Morgan fingerprint density at radius 3 is 1.26 bits per heavy atom. The molecule has 0 aromatic rings. The van der Waals surface area contributed by atoms with Gasteiger partial charge in [-0.1, -0.05) is 83.5 Å². The maximum Gasteiger partial charge on any atom is 0.405 e. The van der Waals surface area contributed by atoms with Crippen LogP contribution in [0.25, 0.3) is 0 Å². The molecule has 69 heavy (non-hydrogen) atoms. The summed E-state index contributed by atoms with van der Waals surface area (Å²) in [4.78, 5) is 71.0. The lowest BCUT2D eigenvalue weighted by molar-refractivity contribution is -0.159. The fourth-order valence-corrected chi connectivity index (χ4v) is 9.45. The van der Waals surface area contributed by atoms with Gasteiger partial charge in [-0.2, -0.15) is 0 Å². The molecule has 0 bridgehead atoms. The SMILES string of the molecule is CC(C)(C)OC(=O)C(CCC(=O)NCCCCCC(=O)NCCCC[C@H](N)C(=O)O)NC(=O)CCCCCCCCCCCCCCCCP(=O)(OC(C)(C)C)OC(C)(C)C.CC(C)(C)OC(N)=O. The Labute approximate surface area is 417 Å². The first kappa shape index (κ1) is 67.8. The summed E-state index contributed by atoms with van der Waals surface area (Å²) >= 11 is 0. The Bertz CT molecular complexity index is 1480. The van der Waals surface area contributed by atoms with Gasteiger partial charge in [0.25, 0.3) is 0 Å². The number of hydrogen-bond donors (Lipinski definition) is 6. The van der Waals surface area contributed by atoms with Crippen LogP contribution in [-0.4, -0.2) is 94.6 Å². The number of unbranched alkanes of at least 4 members (excludes halogenated alkanes) is 16. The van der Waals surface area contributed by atoms with Crippen LogP contribution < -0.4 is 27.4 Å². The molecule has 0 spiro atoms. The average molecular weight is 1010 g/mol. The van der Waals surface area contributed by atoms with Crippen molar-refractivity contribution >= 4 is 43.3 Å². The fourth-order valence-electron chi connectivity index (χ4n) is 6.95. The van der Waals surface area contributed by atoms with Crippen LogP contribution in [0, 0.1) is 0 Å². The lowest BCUT2D eigenvalue weighted by Crippen LogP contribution is -2.44. The van der Waals surface area contributed by atoms with E-state index in [0.717, 1.165) is 51.4 Å². The second-order valence-corrected chi connectivity index (χ2v) is 24.2. The molecule has 1 unspecified atom stereocenters. The molecule has 0 saturated carbocycles. The molecule has 0 fully saturated rings. The van der Waals surface area contributed by atoms with Crippen molar-refractivity contribution in [1.29, 1.82) is 0 Å². The smallest absolute Gasteiger partial charge is 0.405 e. The predicted molar refractivity (Wildman–Crippen MR) is 275 cm³/mol. The Kier molecular flexibility index (Phi) is 36.0. The van der Waals surface area contributed by atoms with Crippen molar-refractivity contribution in [2.45, 2.75) is 272 Å². The molecule has 0 aliphatic carbocycles. The van der Waals surface area contributed by atoms with Crippen LogP contribution in [0.3, 0.4) is 0 Å². The monoisotopic (exact) mass is 1010 g/mol. The van der Waals surface area contributed by atoms with E-state index < -0.39 is 60.1 Å². The molecule has 0 radical (unpaired) electrons. The minimum absolute atomic E-state index is 0.0587. The van der Waals surface area contributed by atoms with Crippen molar-refractivity contribution in [1.82, 2.24) is 16.0 Å². The van der Waals surface area contributed by atoms with Crippen molar-refractivity contribution in [3.05, 3.63) is 0 Å². The molecule has 8 N–H and O–H groups in total. The van der Waals surface area contributed by atoms with Crippen LogP contribution in [0.4, 0.5) is 4.79 Å². The standard InChI is InChI=1S/C46H89N4O10P.C5H11NO2/c1-44(2,3)58-43(56)38(32-33-40(52)49-34-26-22-24-30-39(51)48-35-27-25-29-37(47)42(54)55)50-41(53)31-23-20-18-16-14-12-10-11-13-15-17-19-21-28-36-61(57,59-45(4,5)6)60-46(7,8)9;1-5(2,3)8-4(6)7/h37-38H,10-36,47H2,1-9H3,(H,48,51)(H,49,52)(H,50,53)(H,54,55);1-3H3,(H2,6,7)/t37-,38?;/m0./s1. The molecule has 0 aromatic carbocycles. The number of nitrogens with two attached hydrogens (primary N) is 2. The van der Waals surface area contributed by atoms with Crippen LogP contribution in [0.1, 0.15) is 237 Å². The van der Waals surface area contributed by atoms with Gasteiger partial charge in [-0.05, 0) is 134 Å². The lowest BCUT2D eigenvalue weighted by atomic mass is 10.0. The van der Waals surface area contributed by atoms with E-state index >= 15 is 0 Å². The van der Waals surface area contributed by atoms with Gasteiger partial charge in [0.05, 0.1) is 17.4 Å². The third kappa shape index (κ3) is 48.2. The maximum absolute atomic E-state index is 13.3. The van der Waals surface area contributed by atoms with Crippen LogP contribution in [0.5, 0.6) is 0 Å². The Morgan fingerprint density at radius 1 is 0.493 bits per heavy atom. The molecule has 0 aliphatic heterocycles. The Morgan fingerprint density at radius 2 is 0.870 bits per heavy atom. The summed E-state index contributed by atoms with van der Waals surface area (Å²) in [5.74, 6) is -2.06. The van der Waals surface area contributed by atoms with Crippen molar-refractivity contribution in [3.8, 4) is 0 Å². The van der Waals surface area contributed by atoms with E-state index in [2.05, 4.69) is 20.7 Å². The maximum atomic E-state index is 13.3. The summed E-state index contributed by atoms with van der Waals surface area (Å²) < 4.78 is 35.2. The number of aliphatic carboxylic acids is 1. The number of carboxylic acid groups (broad SMARTS) is 1. The van der Waals surface area contributed by atoms with Gasteiger partial charge in [-0.25, -0.2) is 9.59 Å². The second-order valence-electron chi connectivity index (χ2n) is 22.1. The first-order chi connectivity index (χ1) is 31.8. The van der Waals surface area contributed by atoms with Gasteiger partial charge < -0.3 is 51.0 Å². The van der Waals surface area contributed by atoms with Gasteiger partial charge >= 0.3 is 25.6 Å². The van der Waals surface area contributed by atoms with E-state index in [-0.39, 0.29) is 30.6 Å². The largest absolute Gasteiger partial charge is 0.480 e. The van der Waals surface area contributed by atoms with Gasteiger partial charge in [-0.3, -0.25) is 23.7 Å².